The van der Waals surface area contributed by atoms with Crippen molar-refractivity contribution in [3.8, 4) is 0 Å². The van der Waals surface area contributed by atoms with Crippen LogP contribution >= 0.6 is 12.4 Å². The van der Waals surface area contributed by atoms with E-state index in [9.17, 15) is 9.59 Å². The second kappa shape index (κ2) is 12.4. The molecule has 3 amide bonds. The highest BCUT2D eigenvalue weighted by atomic mass is 35.5. The van der Waals surface area contributed by atoms with E-state index in [0.29, 0.717) is 37.9 Å². The van der Waals surface area contributed by atoms with E-state index in [1.165, 1.54) is 32.1 Å². The van der Waals surface area contributed by atoms with Crippen molar-refractivity contribution >= 4 is 24.3 Å². The van der Waals surface area contributed by atoms with Gasteiger partial charge in [-0.05, 0) is 44.6 Å². The molecule has 2 rings (SSSR count). The first-order valence-corrected chi connectivity index (χ1v) is 9.73. The van der Waals surface area contributed by atoms with Gasteiger partial charge in [0.15, 0.2) is 0 Å². The number of carbonyl (C=O) groups is 2. The summed E-state index contributed by atoms with van der Waals surface area (Å²) in [5.41, 5.74) is 5.80. The fraction of sp³-hybridized carbons (Fsp3) is 0.889. The first kappa shape index (κ1) is 22.0. The van der Waals surface area contributed by atoms with Crippen LogP contribution in [0.3, 0.4) is 0 Å². The number of urea groups is 1. The van der Waals surface area contributed by atoms with Gasteiger partial charge in [0.25, 0.3) is 0 Å². The molecule has 2 aliphatic rings. The Morgan fingerprint density at radius 3 is 2.32 bits per heavy atom. The molecule has 6 nitrogen and oxygen atoms in total. The van der Waals surface area contributed by atoms with Crippen molar-refractivity contribution < 1.29 is 9.59 Å². The molecule has 0 heterocycles. The summed E-state index contributed by atoms with van der Waals surface area (Å²) < 4.78 is 0. The zero-order chi connectivity index (χ0) is 17.2. The van der Waals surface area contributed by atoms with Crippen molar-refractivity contribution in [2.75, 3.05) is 13.1 Å². The first-order valence-electron chi connectivity index (χ1n) is 9.73. The number of amides is 3. The van der Waals surface area contributed by atoms with Crippen LogP contribution in [-0.4, -0.2) is 37.1 Å². The molecular formula is C18H35ClN4O2. The molecule has 2 saturated carbocycles. The van der Waals surface area contributed by atoms with Gasteiger partial charge in [-0.25, -0.2) is 4.79 Å². The molecule has 0 aromatic carbocycles. The predicted octanol–water partition coefficient (Wildman–Crippen LogP) is 2.45. The number of rotatable bonds is 7. The topological polar surface area (TPSA) is 96.2 Å². The lowest BCUT2D eigenvalue weighted by Crippen LogP contribution is -2.45. The third-order valence-corrected chi connectivity index (χ3v) is 5.36. The number of nitrogens with one attached hydrogen (secondary N) is 3. The van der Waals surface area contributed by atoms with Crippen LogP contribution in [0.5, 0.6) is 0 Å². The Labute approximate surface area is 157 Å². The Morgan fingerprint density at radius 2 is 1.60 bits per heavy atom. The lowest BCUT2D eigenvalue weighted by molar-refractivity contribution is -0.122. The molecule has 0 radical (unpaired) electrons. The Kier molecular flexibility index (Phi) is 10.9. The molecule has 146 valence electrons. The summed E-state index contributed by atoms with van der Waals surface area (Å²) >= 11 is 0. The van der Waals surface area contributed by atoms with Gasteiger partial charge in [0, 0.05) is 25.0 Å². The molecule has 0 aromatic heterocycles. The van der Waals surface area contributed by atoms with E-state index in [0.717, 1.165) is 25.7 Å². The quantitative estimate of drug-likeness (QED) is 0.515. The van der Waals surface area contributed by atoms with Gasteiger partial charge in [0.2, 0.25) is 5.91 Å². The molecule has 2 unspecified atom stereocenters. The predicted molar refractivity (Wildman–Crippen MR) is 103 cm³/mol. The summed E-state index contributed by atoms with van der Waals surface area (Å²) in [6.45, 7) is 1.19. The van der Waals surface area contributed by atoms with Gasteiger partial charge in [-0.2, -0.15) is 0 Å². The monoisotopic (exact) mass is 374 g/mol. The van der Waals surface area contributed by atoms with Crippen molar-refractivity contribution in [2.45, 2.75) is 82.7 Å². The Balaban J connectivity index is 0.00000312. The van der Waals surface area contributed by atoms with Gasteiger partial charge < -0.3 is 21.7 Å². The average molecular weight is 375 g/mol. The lowest BCUT2D eigenvalue weighted by Gasteiger charge is -2.31. The van der Waals surface area contributed by atoms with Crippen molar-refractivity contribution in [1.82, 2.24) is 16.0 Å². The average Bonchev–Trinajstić information content (AvgIpc) is 2.60. The van der Waals surface area contributed by atoms with Crippen LogP contribution in [0.25, 0.3) is 0 Å². The Morgan fingerprint density at radius 1 is 0.920 bits per heavy atom. The molecule has 0 bridgehead atoms. The summed E-state index contributed by atoms with van der Waals surface area (Å²) in [4.78, 5) is 23.9. The molecule has 0 aromatic rings. The number of carbonyl (C=O) groups excluding carboxylic acids is 2. The van der Waals surface area contributed by atoms with Crippen LogP contribution in [0.2, 0.25) is 0 Å². The number of halogens is 1. The third-order valence-electron chi connectivity index (χ3n) is 5.36. The van der Waals surface area contributed by atoms with E-state index >= 15 is 0 Å². The van der Waals surface area contributed by atoms with E-state index in [2.05, 4.69) is 16.0 Å². The largest absolute Gasteiger partial charge is 0.353 e. The summed E-state index contributed by atoms with van der Waals surface area (Å²) in [7, 11) is 0. The minimum absolute atomic E-state index is 0. The summed E-state index contributed by atoms with van der Waals surface area (Å²) in [5, 5.41) is 9.01. The van der Waals surface area contributed by atoms with Gasteiger partial charge in [-0.1, -0.05) is 32.1 Å². The van der Waals surface area contributed by atoms with Crippen LogP contribution in [0, 0.1) is 5.92 Å². The number of hydrogen-bond donors (Lipinski definition) is 4. The van der Waals surface area contributed by atoms with Crippen LogP contribution in [-0.2, 0) is 4.79 Å². The maximum Gasteiger partial charge on any atom is 0.315 e. The second-order valence-electron chi connectivity index (χ2n) is 7.29. The van der Waals surface area contributed by atoms with Gasteiger partial charge in [0.05, 0.1) is 0 Å². The maximum atomic E-state index is 12.1. The van der Waals surface area contributed by atoms with E-state index in [-0.39, 0.29) is 30.4 Å². The van der Waals surface area contributed by atoms with Crippen molar-refractivity contribution in [3.05, 3.63) is 0 Å². The number of hydrogen-bond acceptors (Lipinski definition) is 3. The highest BCUT2D eigenvalue weighted by Gasteiger charge is 2.25. The highest BCUT2D eigenvalue weighted by Crippen LogP contribution is 2.23. The molecule has 25 heavy (non-hydrogen) atoms. The van der Waals surface area contributed by atoms with Crippen molar-refractivity contribution in [1.29, 1.82) is 0 Å². The van der Waals surface area contributed by atoms with Gasteiger partial charge in [-0.3, -0.25) is 4.79 Å². The van der Waals surface area contributed by atoms with E-state index in [1.807, 2.05) is 0 Å². The molecular weight excluding hydrogens is 340 g/mol. The standard InChI is InChI=1S/C18H34N4O2.ClH/c19-13-14-7-4-5-10-16(14)22-17(23)11-6-12-20-18(24)21-15-8-2-1-3-9-15;/h14-16H,1-13,19H2,(H,22,23)(H2,20,21,24);1H. The normalized spacial score (nSPS) is 24.0. The summed E-state index contributed by atoms with van der Waals surface area (Å²) in [6, 6.07) is 0.457. The smallest absolute Gasteiger partial charge is 0.315 e. The summed E-state index contributed by atoms with van der Waals surface area (Å²) in [6.07, 6.45) is 11.5. The molecule has 5 N–H and O–H groups in total. The molecule has 2 aliphatic carbocycles. The van der Waals surface area contributed by atoms with Crippen molar-refractivity contribution in [2.24, 2.45) is 11.7 Å². The van der Waals surface area contributed by atoms with E-state index in [1.54, 1.807) is 0 Å². The maximum absolute atomic E-state index is 12.1. The second-order valence-corrected chi connectivity index (χ2v) is 7.29. The zero-order valence-electron chi connectivity index (χ0n) is 15.2. The van der Waals surface area contributed by atoms with Crippen LogP contribution < -0.4 is 21.7 Å². The summed E-state index contributed by atoms with van der Waals surface area (Å²) in [5.74, 6) is 0.497. The molecule has 0 spiro atoms. The first-order chi connectivity index (χ1) is 11.7. The Bertz CT molecular complexity index is 403. The van der Waals surface area contributed by atoms with Crippen LogP contribution in [0.4, 0.5) is 4.79 Å². The zero-order valence-corrected chi connectivity index (χ0v) is 16.0. The van der Waals surface area contributed by atoms with E-state index < -0.39 is 0 Å². The fourth-order valence-corrected chi connectivity index (χ4v) is 3.89. The Hall–Kier alpha value is -1.01. The molecule has 7 heteroatoms. The minimum Gasteiger partial charge on any atom is -0.353 e. The van der Waals surface area contributed by atoms with Gasteiger partial charge in [-0.15, -0.1) is 12.4 Å². The highest BCUT2D eigenvalue weighted by molar-refractivity contribution is 5.85. The van der Waals surface area contributed by atoms with E-state index in [4.69, 9.17) is 5.73 Å². The molecule has 2 fully saturated rings. The minimum atomic E-state index is -0.0993. The van der Waals surface area contributed by atoms with Gasteiger partial charge >= 0.3 is 6.03 Å². The van der Waals surface area contributed by atoms with Crippen LogP contribution in [0.15, 0.2) is 0 Å². The molecule has 2 atom stereocenters. The lowest BCUT2D eigenvalue weighted by atomic mass is 9.84. The molecule has 0 saturated heterocycles. The third kappa shape index (κ3) is 8.27. The fourth-order valence-electron chi connectivity index (χ4n) is 3.89. The number of nitrogens with two attached hydrogens (primary N) is 1. The molecule has 0 aliphatic heterocycles. The van der Waals surface area contributed by atoms with Gasteiger partial charge in [0.1, 0.15) is 0 Å². The SMILES string of the molecule is Cl.NCC1CCCCC1NC(=O)CCCNC(=O)NC1CCCCC1. The van der Waals surface area contributed by atoms with Crippen LogP contribution in [0.1, 0.15) is 70.6 Å². The van der Waals surface area contributed by atoms with Crippen molar-refractivity contribution in [3.63, 3.8) is 0 Å².